The van der Waals surface area contributed by atoms with Crippen LogP contribution in [0, 0.1) is 19.7 Å². The number of hydrogen-bond donors (Lipinski definition) is 1. The van der Waals surface area contributed by atoms with Gasteiger partial charge in [0.05, 0.1) is 21.2 Å². The van der Waals surface area contributed by atoms with Crippen LogP contribution in [0.5, 0.6) is 0 Å². The van der Waals surface area contributed by atoms with Crippen molar-refractivity contribution in [2.24, 2.45) is 0 Å². The number of nitrogens with zero attached hydrogens (tertiary/aromatic N) is 4. The quantitative estimate of drug-likeness (QED) is 0.113. The maximum absolute atomic E-state index is 15.3. The zero-order chi connectivity index (χ0) is 28.8. The summed E-state index contributed by atoms with van der Waals surface area (Å²) in [6.45, 7) is 3.41. The predicted octanol–water partition coefficient (Wildman–Crippen LogP) is 7.63. The molecule has 3 heterocycles. The summed E-state index contributed by atoms with van der Waals surface area (Å²) in [5.41, 5.74) is 1.16. The molecule has 206 valence electrons. The standard InChI is InChI=1S/C29H20ClFN4O3S3/c1-14-26(40-15(2)32-14)24(36)22-23(21-19(30)11-6-12-20(21)31)35(27(38)25(22)37)28-33-34-29(41-28)39-13-17-9-5-8-16-7-3-4-10-18(16)17/h3-12,23,37H,13H2,1-2H3. The van der Waals surface area contributed by atoms with Crippen molar-refractivity contribution in [3.8, 4) is 0 Å². The highest BCUT2D eigenvalue weighted by Crippen LogP contribution is 2.47. The Bertz CT molecular complexity index is 1860. The monoisotopic (exact) mass is 622 g/mol. The molecule has 0 saturated carbocycles. The third kappa shape index (κ3) is 4.93. The van der Waals surface area contributed by atoms with E-state index in [9.17, 15) is 14.7 Å². The minimum atomic E-state index is -1.35. The Kier molecular flexibility index (Phi) is 7.37. The number of amides is 1. The van der Waals surface area contributed by atoms with Gasteiger partial charge in [-0.05, 0) is 42.3 Å². The molecule has 5 aromatic rings. The van der Waals surface area contributed by atoms with E-state index in [0.29, 0.717) is 20.8 Å². The molecule has 41 heavy (non-hydrogen) atoms. The first-order valence-corrected chi connectivity index (χ1v) is 15.4. The maximum Gasteiger partial charge on any atom is 0.296 e. The number of benzene rings is 3. The second-order valence-electron chi connectivity index (χ2n) is 9.23. The van der Waals surface area contributed by atoms with E-state index in [4.69, 9.17) is 11.6 Å². The smallest absolute Gasteiger partial charge is 0.296 e. The second-order valence-corrected chi connectivity index (χ2v) is 13.0. The number of anilines is 1. The lowest BCUT2D eigenvalue weighted by Crippen LogP contribution is -2.31. The number of halogens is 2. The van der Waals surface area contributed by atoms with Crippen LogP contribution in [0.1, 0.15) is 37.5 Å². The van der Waals surface area contributed by atoms with Gasteiger partial charge in [0.15, 0.2) is 10.1 Å². The van der Waals surface area contributed by atoms with Crippen LogP contribution in [-0.2, 0) is 10.5 Å². The van der Waals surface area contributed by atoms with Crippen LogP contribution in [0.4, 0.5) is 9.52 Å². The number of carbonyl (C=O) groups is 2. The van der Waals surface area contributed by atoms with Crippen LogP contribution in [0.25, 0.3) is 10.8 Å². The fourth-order valence-corrected chi connectivity index (χ4v) is 7.87. The molecule has 3 aromatic carbocycles. The molecule has 0 aliphatic carbocycles. The first-order valence-electron chi connectivity index (χ1n) is 12.4. The Morgan fingerprint density at radius 1 is 1.07 bits per heavy atom. The summed E-state index contributed by atoms with van der Waals surface area (Å²) in [5.74, 6) is -2.43. The van der Waals surface area contributed by atoms with Gasteiger partial charge in [0.25, 0.3) is 5.91 Å². The summed E-state index contributed by atoms with van der Waals surface area (Å²) < 4.78 is 15.9. The number of aromatic nitrogens is 3. The van der Waals surface area contributed by atoms with Crippen LogP contribution in [0.3, 0.4) is 0 Å². The van der Waals surface area contributed by atoms with E-state index in [-0.39, 0.29) is 26.2 Å². The van der Waals surface area contributed by atoms with Gasteiger partial charge in [0.2, 0.25) is 10.9 Å². The van der Waals surface area contributed by atoms with Gasteiger partial charge in [-0.3, -0.25) is 14.5 Å². The molecule has 12 heteroatoms. The molecule has 0 bridgehead atoms. The SMILES string of the molecule is Cc1nc(C)c(C(=O)C2=C(O)C(=O)N(c3nnc(SCc4cccc5ccccc45)s3)C2c2c(F)cccc2Cl)s1. The van der Waals surface area contributed by atoms with Gasteiger partial charge in [-0.25, -0.2) is 9.37 Å². The molecule has 6 rings (SSSR count). The fourth-order valence-electron chi connectivity index (χ4n) is 4.86. The average Bonchev–Trinajstić information content (AvgIpc) is 3.63. The molecule has 0 radical (unpaired) electrons. The van der Waals surface area contributed by atoms with Crippen molar-refractivity contribution >= 4 is 73.6 Å². The van der Waals surface area contributed by atoms with Crippen LogP contribution in [0.15, 0.2) is 76.3 Å². The number of fused-ring (bicyclic) bond motifs is 1. The normalized spacial score (nSPS) is 15.4. The fraction of sp³-hybridized carbons (Fsp3) is 0.138. The van der Waals surface area contributed by atoms with Gasteiger partial charge in [-0.1, -0.05) is 83.2 Å². The van der Waals surface area contributed by atoms with Crippen LogP contribution >= 0.6 is 46.0 Å². The summed E-state index contributed by atoms with van der Waals surface area (Å²) in [6.07, 6.45) is 0. The van der Waals surface area contributed by atoms with Gasteiger partial charge in [-0.15, -0.1) is 21.5 Å². The van der Waals surface area contributed by atoms with Crippen LogP contribution < -0.4 is 4.90 Å². The molecule has 1 N–H and O–H groups in total. The Morgan fingerprint density at radius 3 is 2.59 bits per heavy atom. The first kappa shape index (κ1) is 27.5. The van der Waals surface area contributed by atoms with E-state index < -0.39 is 29.3 Å². The number of Topliss-reactive ketones (excluding diaryl/α,β-unsaturated/α-hetero) is 1. The van der Waals surface area contributed by atoms with Gasteiger partial charge < -0.3 is 5.11 Å². The minimum Gasteiger partial charge on any atom is -0.503 e. The summed E-state index contributed by atoms with van der Waals surface area (Å²) in [4.78, 5) is 32.9. The third-order valence-corrected chi connectivity index (χ3v) is 10.2. The number of thiazole rings is 1. The van der Waals surface area contributed by atoms with E-state index in [0.717, 1.165) is 43.9 Å². The third-order valence-electron chi connectivity index (χ3n) is 6.67. The van der Waals surface area contributed by atoms with E-state index in [1.54, 1.807) is 13.8 Å². The molecule has 0 spiro atoms. The molecule has 1 atom stereocenters. The van der Waals surface area contributed by atoms with Crippen molar-refractivity contribution in [1.82, 2.24) is 15.2 Å². The van der Waals surface area contributed by atoms with Gasteiger partial charge in [0, 0.05) is 16.3 Å². The Morgan fingerprint density at radius 2 is 1.83 bits per heavy atom. The molecular weight excluding hydrogens is 603 g/mol. The number of ketones is 1. The number of rotatable bonds is 7. The molecule has 2 aromatic heterocycles. The minimum absolute atomic E-state index is 0.0000709. The van der Waals surface area contributed by atoms with Crippen molar-refractivity contribution in [1.29, 1.82) is 0 Å². The molecule has 1 amide bonds. The lowest BCUT2D eigenvalue weighted by Gasteiger charge is -2.25. The molecule has 1 unspecified atom stereocenters. The van der Waals surface area contributed by atoms with E-state index >= 15 is 4.39 Å². The molecule has 1 aliphatic heterocycles. The Labute approximate surface area is 251 Å². The van der Waals surface area contributed by atoms with E-state index in [1.807, 2.05) is 36.4 Å². The van der Waals surface area contributed by atoms with E-state index in [1.165, 1.54) is 30.0 Å². The summed E-state index contributed by atoms with van der Waals surface area (Å²) in [5, 5.41) is 22.5. The van der Waals surface area contributed by atoms with Crippen molar-refractivity contribution in [3.05, 3.63) is 110 Å². The second kappa shape index (κ2) is 11.0. The number of thioether (sulfide) groups is 1. The van der Waals surface area contributed by atoms with E-state index in [2.05, 4.69) is 21.2 Å². The van der Waals surface area contributed by atoms with Crippen LogP contribution in [0.2, 0.25) is 5.02 Å². The maximum atomic E-state index is 15.3. The average molecular weight is 623 g/mol. The summed E-state index contributed by atoms with van der Waals surface area (Å²) in [7, 11) is 0. The predicted molar refractivity (Wildman–Crippen MR) is 161 cm³/mol. The number of aliphatic hydroxyl groups is 1. The molecule has 7 nitrogen and oxygen atoms in total. The number of carbonyl (C=O) groups excluding carboxylic acids is 2. The van der Waals surface area contributed by atoms with Gasteiger partial charge in [-0.2, -0.15) is 0 Å². The zero-order valence-corrected chi connectivity index (χ0v) is 24.8. The number of hydrogen-bond acceptors (Lipinski definition) is 9. The lowest BCUT2D eigenvalue weighted by atomic mass is 9.94. The molecule has 0 saturated heterocycles. The zero-order valence-electron chi connectivity index (χ0n) is 21.6. The molecule has 1 aliphatic rings. The summed E-state index contributed by atoms with van der Waals surface area (Å²) in [6, 6.07) is 16.9. The number of aliphatic hydroxyl groups excluding tert-OH is 1. The highest BCUT2D eigenvalue weighted by atomic mass is 35.5. The van der Waals surface area contributed by atoms with Crippen LogP contribution in [-0.4, -0.2) is 32.0 Å². The van der Waals surface area contributed by atoms with Crippen molar-refractivity contribution in [2.45, 2.75) is 30.0 Å². The first-order chi connectivity index (χ1) is 19.7. The number of aryl methyl sites for hydroxylation is 2. The molecular formula is C29H20ClFN4O3S3. The Balaban J connectivity index is 1.38. The largest absolute Gasteiger partial charge is 0.503 e. The van der Waals surface area contributed by atoms with Crippen molar-refractivity contribution < 1.29 is 19.1 Å². The molecule has 0 fully saturated rings. The Hall–Kier alpha value is -3.64. The van der Waals surface area contributed by atoms with Gasteiger partial charge >= 0.3 is 0 Å². The highest BCUT2D eigenvalue weighted by Gasteiger charge is 2.48. The topological polar surface area (TPSA) is 96.3 Å². The lowest BCUT2D eigenvalue weighted by molar-refractivity contribution is -0.117. The summed E-state index contributed by atoms with van der Waals surface area (Å²) >= 11 is 10.1. The van der Waals surface area contributed by atoms with Gasteiger partial charge in [0.1, 0.15) is 11.9 Å². The van der Waals surface area contributed by atoms with Crippen molar-refractivity contribution in [3.63, 3.8) is 0 Å². The van der Waals surface area contributed by atoms with Crippen molar-refractivity contribution in [2.75, 3.05) is 4.90 Å². The highest BCUT2D eigenvalue weighted by molar-refractivity contribution is 8.00.